The lowest BCUT2D eigenvalue weighted by Crippen LogP contribution is -2.39. The molecule has 1 aliphatic rings. The molecule has 4 nitrogen and oxygen atoms in total. The first-order chi connectivity index (χ1) is 7.58. The molecule has 2 unspecified atom stereocenters. The van der Waals surface area contributed by atoms with E-state index in [1.807, 2.05) is 6.07 Å². The van der Waals surface area contributed by atoms with Gasteiger partial charge in [0.1, 0.15) is 0 Å². The van der Waals surface area contributed by atoms with Gasteiger partial charge in [-0.25, -0.2) is 0 Å². The molecular weight excluding hydrogens is 204 g/mol. The van der Waals surface area contributed by atoms with Gasteiger partial charge in [0.2, 0.25) is 0 Å². The second kappa shape index (κ2) is 4.31. The summed E-state index contributed by atoms with van der Waals surface area (Å²) < 4.78 is 0. The minimum absolute atomic E-state index is 0.0648. The maximum Gasteiger partial charge on any atom is 0.157 e. The Kier molecular flexibility index (Phi) is 3.03. The van der Waals surface area contributed by atoms with Gasteiger partial charge in [-0.05, 0) is 44.1 Å². The highest BCUT2D eigenvalue weighted by Gasteiger charge is 2.25. The highest BCUT2D eigenvalue weighted by Crippen LogP contribution is 2.33. The van der Waals surface area contributed by atoms with Crippen molar-refractivity contribution in [2.24, 2.45) is 5.73 Å². The van der Waals surface area contributed by atoms with Crippen molar-refractivity contribution in [2.75, 3.05) is 13.6 Å². The number of benzene rings is 1. The van der Waals surface area contributed by atoms with Crippen molar-refractivity contribution in [3.63, 3.8) is 0 Å². The first-order valence-electron chi connectivity index (χ1n) is 5.55. The number of phenolic OH excluding ortho intramolecular Hbond substituents is 2. The fourth-order valence-electron chi connectivity index (χ4n) is 2.25. The van der Waals surface area contributed by atoms with Crippen molar-refractivity contribution >= 4 is 0 Å². The van der Waals surface area contributed by atoms with E-state index < -0.39 is 0 Å². The predicted octanol–water partition coefficient (Wildman–Crippen LogP) is 1.19. The number of rotatable bonds is 1. The molecule has 0 radical (unpaired) electrons. The SMILES string of the molecule is CN1CCC(N)CC1c1ccc(O)c(O)c1. The van der Waals surface area contributed by atoms with E-state index in [1.165, 1.54) is 6.07 Å². The molecule has 1 aromatic carbocycles. The number of piperidine rings is 1. The van der Waals surface area contributed by atoms with Crippen LogP contribution in [0.5, 0.6) is 11.5 Å². The Morgan fingerprint density at radius 3 is 2.75 bits per heavy atom. The smallest absolute Gasteiger partial charge is 0.157 e. The quantitative estimate of drug-likeness (QED) is 0.624. The number of likely N-dealkylation sites (tertiary alicyclic amines) is 1. The summed E-state index contributed by atoms with van der Waals surface area (Å²) in [4.78, 5) is 2.23. The van der Waals surface area contributed by atoms with Crippen LogP contribution in [-0.2, 0) is 0 Å². The maximum atomic E-state index is 9.48. The monoisotopic (exact) mass is 222 g/mol. The first-order valence-corrected chi connectivity index (χ1v) is 5.55. The van der Waals surface area contributed by atoms with E-state index in [0.717, 1.165) is 24.9 Å². The molecule has 0 spiro atoms. The Balaban J connectivity index is 2.24. The molecule has 88 valence electrons. The summed E-state index contributed by atoms with van der Waals surface area (Å²) in [7, 11) is 2.06. The Morgan fingerprint density at radius 2 is 2.06 bits per heavy atom. The summed E-state index contributed by atoms with van der Waals surface area (Å²) in [6.45, 7) is 0.966. The highest BCUT2D eigenvalue weighted by atomic mass is 16.3. The molecule has 2 atom stereocenters. The van der Waals surface area contributed by atoms with Gasteiger partial charge in [0, 0.05) is 12.1 Å². The normalized spacial score (nSPS) is 26.9. The number of nitrogens with two attached hydrogens (primary N) is 1. The molecule has 16 heavy (non-hydrogen) atoms. The minimum atomic E-state index is -0.0773. The molecule has 0 saturated carbocycles. The third-order valence-corrected chi connectivity index (χ3v) is 3.29. The van der Waals surface area contributed by atoms with Gasteiger partial charge in [-0.3, -0.25) is 4.90 Å². The predicted molar refractivity (Wildman–Crippen MR) is 62.4 cm³/mol. The topological polar surface area (TPSA) is 69.7 Å². The molecule has 1 saturated heterocycles. The fraction of sp³-hybridized carbons (Fsp3) is 0.500. The van der Waals surface area contributed by atoms with E-state index in [2.05, 4.69) is 11.9 Å². The lowest BCUT2D eigenvalue weighted by molar-refractivity contribution is 0.171. The third kappa shape index (κ3) is 2.13. The van der Waals surface area contributed by atoms with Gasteiger partial charge < -0.3 is 15.9 Å². The highest BCUT2D eigenvalue weighted by molar-refractivity contribution is 5.41. The van der Waals surface area contributed by atoms with E-state index in [4.69, 9.17) is 5.73 Å². The zero-order valence-corrected chi connectivity index (χ0v) is 9.43. The van der Waals surface area contributed by atoms with Gasteiger partial charge >= 0.3 is 0 Å². The van der Waals surface area contributed by atoms with Crippen LogP contribution in [0.1, 0.15) is 24.4 Å². The number of aromatic hydroxyl groups is 2. The van der Waals surface area contributed by atoms with Crippen molar-refractivity contribution < 1.29 is 10.2 Å². The molecule has 1 aromatic rings. The lowest BCUT2D eigenvalue weighted by atomic mass is 9.92. The van der Waals surface area contributed by atoms with Gasteiger partial charge in [-0.15, -0.1) is 0 Å². The molecular formula is C12H18N2O2. The second-order valence-electron chi connectivity index (χ2n) is 4.53. The molecule has 0 bridgehead atoms. The summed E-state index contributed by atoms with van der Waals surface area (Å²) in [5, 5.41) is 18.8. The van der Waals surface area contributed by atoms with Gasteiger partial charge in [0.05, 0.1) is 0 Å². The van der Waals surface area contributed by atoms with Crippen molar-refractivity contribution in [3.8, 4) is 11.5 Å². The van der Waals surface area contributed by atoms with Crippen molar-refractivity contribution in [1.82, 2.24) is 4.90 Å². The van der Waals surface area contributed by atoms with E-state index in [9.17, 15) is 10.2 Å². The van der Waals surface area contributed by atoms with Crippen LogP contribution in [0.4, 0.5) is 0 Å². The molecule has 0 aliphatic carbocycles. The van der Waals surface area contributed by atoms with Gasteiger partial charge in [0.15, 0.2) is 11.5 Å². The Hall–Kier alpha value is -1.26. The van der Waals surface area contributed by atoms with E-state index in [0.29, 0.717) is 0 Å². The Bertz CT molecular complexity index is 381. The van der Waals surface area contributed by atoms with Gasteiger partial charge in [0.25, 0.3) is 0 Å². The van der Waals surface area contributed by atoms with Crippen molar-refractivity contribution in [1.29, 1.82) is 0 Å². The van der Waals surface area contributed by atoms with Crippen LogP contribution < -0.4 is 5.73 Å². The average molecular weight is 222 g/mol. The standard InChI is InChI=1S/C12H18N2O2/c1-14-5-4-9(13)7-10(14)8-2-3-11(15)12(16)6-8/h2-3,6,9-10,15-16H,4-5,7,13H2,1H3. The average Bonchev–Trinajstić information content (AvgIpc) is 2.26. The summed E-state index contributed by atoms with van der Waals surface area (Å²) in [5.74, 6) is -0.142. The summed E-state index contributed by atoms with van der Waals surface area (Å²) in [6, 6.07) is 5.44. The number of hydrogen-bond donors (Lipinski definition) is 3. The summed E-state index contributed by atoms with van der Waals surface area (Å²) in [6.07, 6.45) is 1.90. The summed E-state index contributed by atoms with van der Waals surface area (Å²) in [5.41, 5.74) is 6.96. The number of phenols is 2. The zero-order valence-electron chi connectivity index (χ0n) is 9.43. The van der Waals surface area contributed by atoms with Crippen LogP contribution in [0, 0.1) is 0 Å². The first kappa shape index (κ1) is 11.2. The van der Waals surface area contributed by atoms with E-state index in [1.54, 1.807) is 6.07 Å². The van der Waals surface area contributed by atoms with Crippen LogP contribution in [0.15, 0.2) is 18.2 Å². The van der Waals surface area contributed by atoms with Crippen molar-refractivity contribution in [3.05, 3.63) is 23.8 Å². The molecule has 1 aliphatic heterocycles. The Labute approximate surface area is 95.3 Å². The van der Waals surface area contributed by atoms with E-state index >= 15 is 0 Å². The fourth-order valence-corrected chi connectivity index (χ4v) is 2.25. The molecule has 1 fully saturated rings. The van der Waals surface area contributed by atoms with Crippen LogP contribution in [-0.4, -0.2) is 34.7 Å². The third-order valence-electron chi connectivity index (χ3n) is 3.29. The molecule has 0 aromatic heterocycles. The van der Waals surface area contributed by atoms with Crippen LogP contribution in [0.2, 0.25) is 0 Å². The second-order valence-corrected chi connectivity index (χ2v) is 4.53. The van der Waals surface area contributed by atoms with Crippen LogP contribution in [0.25, 0.3) is 0 Å². The molecule has 4 N–H and O–H groups in total. The van der Waals surface area contributed by atoms with Gasteiger partial charge in [-0.2, -0.15) is 0 Å². The zero-order chi connectivity index (χ0) is 11.7. The largest absolute Gasteiger partial charge is 0.504 e. The molecule has 2 rings (SSSR count). The minimum Gasteiger partial charge on any atom is -0.504 e. The van der Waals surface area contributed by atoms with Crippen LogP contribution >= 0.6 is 0 Å². The van der Waals surface area contributed by atoms with Gasteiger partial charge in [-0.1, -0.05) is 6.07 Å². The molecule has 4 heteroatoms. The number of hydrogen-bond acceptors (Lipinski definition) is 4. The Morgan fingerprint density at radius 1 is 1.31 bits per heavy atom. The number of nitrogens with zero attached hydrogens (tertiary/aromatic N) is 1. The van der Waals surface area contributed by atoms with Crippen LogP contribution in [0.3, 0.4) is 0 Å². The molecule has 0 amide bonds. The molecule has 1 heterocycles. The summed E-state index contributed by atoms with van der Waals surface area (Å²) >= 11 is 0. The van der Waals surface area contributed by atoms with E-state index in [-0.39, 0.29) is 23.6 Å². The van der Waals surface area contributed by atoms with Crippen molar-refractivity contribution in [2.45, 2.75) is 24.9 Å². The lowest BCUT2D eigenvalue weighted by Gasteiger charge is -2.36. The maximum absolute atomic E-state index is 9.48.